The minimum atomic E-state index is -0.507. The Bertz CT molecular complexity index is 905. The molecule has 1 aliphatic heterocycles. The molecule has 0 spiro atoms. The zero-order chi connectivity index (χ0) is 22.8. The summed E-state index contributed by atoms with van der Waals surface area (Å²) < 4.78 is 7.50. The van der Waals surface area contributed by atoms with Crippen molar-refractivity contribution in [2.24, 2.45) is 0 Å². The number of ether oxygens (including phenoxy) is 1. The molecule has 1 fully saturated rings. The quantitative estimate of drug-likeness (QED) is 0.615. The second kappa shape index (κ2) is 9.30. The molecule has 0 unspecified atom stereocenters. The van der Waals surface area contributed by atoms with Crippen molar-refractivity contribution in [3.05, 3.63) is 12.4 Å². The Hall–Kier alpha value is -2.55. The molecule has 1 aliphatic rings. The van der Waals surface area contributed by atoms with Crippen LogP contribution >= 0.6 is 0 Å². The first-order valence-corrected chi connectivity index (χ1v) is 11.2. The number of carbonyl (C=O) groups is 1. The van der Waals surface area contributed by atoms with Gasteiger partial charge in [-0.1, -0.05) is 6.92 Å². The Morgan fingerprint density at radius 3 is 2.74 bits per heavy atom. The van der Waals surface area contributed by atoms with E-state index in [-0.39, 0.29) is 18.2 Å². The second-order valence-electron chi connectivity index (χ2n) is 9.21. The number of hydrogen-bond donors (Lipinski definition) is 3. The standard InChI is InChI=1S/C22H36N6O3/c1-7-16(14(3)29)25-18-11-17(19-20(26-18)27(8-2)13-23-19)24-15-9-10-28(12-15)21(30)31-22(4,5)6/h11,13-16,29H,7-10,12H2,1-6H3,(H2,24,25,26)/t14-,15+,16+/m1/s1. The summed E-state index contributed by atoms with van der Waals surface area (Å²) in [7, 11) is 0. The summed E-state index contributed by atoms with van der Waals surface area (Å²) in [5.41, 5.74) is 1.95. The van der Waals surface area contributed by atoms with Crippen molar-refractivity contribution in [3.8, 4) is 0 Å². The first-order chi connectivity index (χ1) is 14.6. The van der Waals surface area contributed by atoms with Crippen molar-refractivity contribution < 1.29 is 14.6 Å². The van der Waals surface area contributed by atoms with Crippen LogP contribution in [-0.4, -0.2) is 67.5 Å². The SMILES string of the molecule is CC[C@H](Nc1cc(N[C@H]2CCN(C(=O)OC(C)(C)C)C2)c2ncn(CC)c2n1)[C@@H](C)O. The molecule has 0 bridgehead atoms. The second-order valence-corrected chi connectivity index (χ2v) is 9.21. The minimum absolute atomic E-state index is 0.0926. The van der Waals surface area contributed by atoms with Crippen LogP contribution < -0.4 is 10.6 Å². The molecule has 0 saturated carbocycles. The number of rotatable bonds is 7. The Kier molecular flexibility index (Phi) is 6.93. The van der Waals surface area contributed by atoms with Crippen molar-refractivity contribution in [2.45, 2.75) is 84.7 Å². The fraction of sp³-hybridized carbons (Fsp3) is 0.682. The monoisotopic (exact) mass is 432 g/mol. The van der Waals surface area contributed by atoms with Crippen molar-refractivity contribution in [3.63, 3.8) is 0 Å². The largest absolute Gasteiger partial charge is 0.444 e. The number of carbonyl (C=O) groups excluding carboxylic acids is 1. The molecular weight excluding hydrogens is 396 g/mol. The van der Waals surface area contributed by atoms with E-state index < -0.39 is 11.7 Å². The Morgan fingerprint density at radius 1 is 1.39 bits per heavy atom. The molecule has 1 amide bonds. The molecule has 3 atom stereocenters. The number of anilines is 2. The van der Waals surface area contributed by atoms with Gasteiger partial charge in [0.25, 0.3) is 0 Å². The lowest BCUT2D eigenvalue weighted by Crippen LogP contribution is -2.36. The van der Waals surface area contributed by atoms with E-state index in [1.165, 1.54) is 0 Å². The summed E-state index contributed by atoms with van der Waals surface area (Å²) in [6.45, 7) is 13.5. The topological polar surface area (TPSA) is 105 Å². The Balaban J connectivity index is 1.81. The average molecular weight is 433 g/mol. The number of fused-ring (bicyclic) bond motifs is 1. The van der Waals surface area contributed by atoms with E-state index >= 15 is 0 Å². The van der Waals surface area contributed by atoms with Crippen molar-refractivity contribution in [1.82, 2.24) is 19.4 Å². The highest BCUT2D eigenvalue weighted by atomic mass is 16.6. The lowest BCUT2D eigenvalue weighted by atomic mass is 10.1. The number of hydrogen-bond acceptors (Lipinski definition) is 7. The van der Waals surface area contributed by atoms with E-state index in [1.54, 1.807) is 18.2 Å². The number of nitrogens with one attached hydrogen (secondary N) is 2. The van der Waals surface area contributed by atoms with Crippen molar-refractivity contribution in [2.75, 3.05) is 23.7 Å². The van der Waals surface area contributed by atoms with E-state index in [1.807, 2.05) is 38.3 Å². The minimum Gasteiger partial charge on any atom is -0.444 e. The van der Waals surface area contributed by atoms with Gasteiger partial charge in [-0.2, -0.15) is 0 Å². The lowest BCUT2D eigenvalue weighted by molar-refractivity contribution is 0.0293. The molecule has 9 heteroatoms. The van der Waals surface area contributed by atoms with Crippen molar-refractivity contribution in [1.29, 1.82) is 0 Å². The van der Waals surface area contributed by atoms with Crippen LogP contribution in [-0.2, 0) is 11.3 Å². The molecule has 1 saturated heterocycles. The van der Waals surface area contributed by atoms with Gasteiger partial charge in [-0.3, -0.25) is 0 Å². The first-order valence-electron chi connectivity index (χ1n) is 11.2. The zero-order valence-corrected chi connectivity index (χ0v) is 19.5. The molecule has 3 rings (SSSR count). The van der Waals surface area contributed by atoms with Gasteiger partial charge >= 0.3 is 6.09 Å². The van der Waals surface area contributed by atoms with Gasteiger partial charge in [-0.25, -0.2) is 14.8 Å². The van der Waals surface area contributed by atoms with Gasteiger partial charge in [0, 0.05) is 31.7 Å². The summed E-state index contributed by atoms with van der Waals surface area (Å²) in [6, 6.07) is 1.94. The van der Waals surface area contributed by atoms with Crippen LogP contribution in [0.4, 0.5) is 16.3 Å². The fourth-order valence-corrected chi connectivity index (χ4v) is 3.79. The van der Waals surface area contributed by atoms with Gasteiger partial charge < -0.3 is 29.9 Å². The summed E-state index contributed by atoms with van der Waals surface area (Å²) in [4.78, 5) is 23.5. The summed E-state index contributed by atoms with van der Waals surface area (Å²) in [5, 5.41) is 17.0. The van der Waals surface area contributed by atoms with Crippen LogP contribution in [0, 0.1) is 0 Å². The molecule has 2 aromatic rings. The number of aliphatic hydroxyl groups excluding tert-OH is 1. The predicted octanol–water partition coefficient (Wildman–Crippen LogP) is 3.44. The number of likely N-dealkylation sites (tertiary alicyclic amines) is 1. The Labute approximate surface area is 184 Å². The summed E-state index contributed by atoms with van der Waals surface area (Å²) in [6.07, 6.45) is 2.62. The molecule has 0 aliphatic carbocycles. The zero-order valence-electron chi connectivity index (χ0n) is 19.5. The maximum Gasteiger partial charge on any atom is 0.410 e. The molecule has 3 heterocycles. The maximum absolute atomic E-state index is 12.4. The molecular formula is C22H36N6O3. The highest BCUT2D eigenvalue weighted by Crippen LogP contribution is 2.28. The number of aliphatic hydroxyl groups is 1. The molecule has 2 aromatic heterocycles. The van der Waals surface area contributed by atoms with Crippen LogP contribution in [0.2, 0.25) is 0 Å². The highest BCUT2D eigenvalue weighted by Gasteiger charge is 2.30. The van der Waals surface area contributed by atoms with E-state index in [2.05, 4.69) is 22.5 Å². The van der Waals surface area contributed by atoms with Crippen LogP contribution in [0.3, 0.4) is 0 Å². The van der Waals surface area contributed by atoms with Crippen LogP contribution in [0.25, 0.3) is 11.2 Å². The van der Waals surface area contributed by atoms with Gasteiger partial charge in [0.2, 0.25) is 0 Å². The van der Waals surface area contributed by atoms with Crippen molar-refractivity contribution >= 4 is 28.8 Å². The van der Waals surface area contributed by atoms with Gasteiger partial charge in [0.15, 0.2) is 5.65 Å². The fourth-order valence-electron chi connectivity index (χ4n) is 3.79. The van der Waals surface area contributed by atoms with Gasteiger partial charge in [0.1, 0.15) is 16.9 Å². The van der Waals surface area contributed by atoms with Crippen LogP contribution in [0.5, 0.6) is 0 Å². The van der Waals surface area contributed by atoms with Gasteiger partial charge in [-0.05, 0) is 47.5 Å². The number of nitrogens with zero attached hydrogens (tertiary/aromatic N) is 4. The third kappa shape index (κ3) is 5.58. The molecule has 31 heavy (non-hydrogen) atoms. The predicted molar refractivity (Wildman–Crippen MR) is 122 cm³/mol. The number of aryl methyl sites for hydroxylation is 1. The number of amides is 1. The summed E-state index contributed by atoms with van der Waals surface area (Å²) >= 11 is 0. The summed E-state index contributed by atoms with van der Waals surface area (Å²) in [5.74, 6) is 0.694. The Morgan fingerprint density at radius 2 is 2.13 bits per heavy atom. The molecule has 172 valence electrons. The van der Waals surface area contributed by atoms with Crippen LogP contribution in [0.15, 0.2) is 12.4 Å². The van der Waals surface area contributed by atoms with E-state index in [9.17, 15) is 9.90 Å². The first kappa shape index (κ1) is 23.1. The molecule has 3 N–H and O–H groups in total. The highest BCUT2D eigenvalue weighted by molar-refractivity contribution is 5.88. The third-order valence-electron chi connectivity index (χ3n) is 5.47. The van der Waals surface area contributed by atoms with E-state index in [4.69, 9.17) is 9.72 Å². The van der Waals surface area contributed by atoms with Crippen LogP contribution in [0.1, 0.15) is 54.4 Å². The molecule has 9 nitrogen and oxygen atoms in total. The maximum atomic E-state index is 12.4. The molecule has 0 aromatic carbocycles. The lowest BCUT2D eigenvalue weighted by Gasteiger charge is -2.24. The third-order valence-corrected chi connectivity index (χ3v) is 5.47. The van der Waals surface area contributed by atoms with Gasteiger partial charge in [-0.15, -0.1) is 0 Å². The number of pyridine rings is 1. The smallest absolute Gasteiger partial charge is 0.410 e. The molecule has 0 radical (unpaired) electrons. The number of imidazole rings is 1. The normalized spacial score (nSPS) is 18.8. The van der Waals surface area contributed by atoms with Gasteiger partial charge in [0.05, 0.1) is 24.2 Å². The van der Waals surface area contributed by atoms with E-state index in [0.29, 0.717) is 18.9 Å². The number of aromatic nitrogens is 3. The average Bonchev–Trinajstić information content (AvgIpc) is 3.31. The van der Waals surface area contributed by atoms with E-state index in [0.717, 1.165) is 36.2 Å².